The van der Waals surface area contributed by atoms with Gasteiger partial charge in [-0.15, -0.1) is 0 Å². The highest BCUT2D eigenvalue weighted by Gasteiger charge is 2.22. The average molecular weight is 425 g/mol. The number of hydrogen-bond donors (Lipinski definition) is 0. The zero-order valence-electron chi connectivity index (χ0n) is 17.7. The summed E-state index contributed by atoms with van der Waals surface area (Å²) < 4.78 is 7.70. The van der Waals surface area contributed by atoms with Gasteiger partial charge in [0.1, 0.15) is 5.75 Å². The van der Waals surface area contributed by atoms with E-state index in [9.17, 15) is 4.79 Å². The van der Waals surface area contributed by atoms with Gasteiger partial charge in [-0.1, -0.05) is 41.9 Å². The molecule has 1 aliphatic rings. The Balaban J connectivity index is 1.36. The van der Waals surface area contributed by atoms with E-state index in [1.54, 1.807) is 14.0 Å². The largest absolute Gasteiger partial charge is 0.496 e. The van der Waals surface area contributed by atoms with Crippen LogP contribution in [0.3, 0.4) is 0 Å². The molecule has 0 aliphatic carbocycles. The monoisotopic (exact) mass is 424 g/mol. The molecule has 0 saturated carbocycles. The Morgan fingerprint density at radius 3 is 2.60 bits per heavy atom. The van der Waals surface area contributed by atoms with Crippen LogP contribution in [0.2, 0.25) is 5.02 Å². The van der Waals surface area contributed by atoms with E-state index >= 15 is 0 Å². The molecule has 2 aromatic carbocycles. The summed E-state index contributed by atoms with van der Waals surface area (Å²) in [5.74, 6) is 1.66. The average Bonchev–Trinajstić information content (AvgIpc) is 3.14. The zero-order chi connectivity index (χ0) is 21.1. The van der Waals surface area contributed by atoms with E-state index in [-0.39, 0.29) is 5.78 Å². The molecule has 0 N–H and O–H groups in total. The van der Waals surface area contributed by atoms with E-state index in [1.165, 1.54) is 5.56 Å². The minimum atomic E-state index is 0.0828. The van der Waals surface area contributed by atoms with Crippen molar-refractivity contribution in [3.05, 3.63) is 64.8 Å². The molecule has 4 nitrogen and oxygen atoms in total. The van der Waals surface area contributed by atoms with Gasteiger partial charge in [0.15, 0.2) is 5.78 Å². The van der Waals surface area contributed by atoms with E-state index in [0.29, 0.717) is 10.9 Å². The van der Waals surface area contributed by atoms with Crippen LogP contribution in [0.4, 0.5) is 0 Å². The number of rotatable bonds is 7. The number of benzene rings is 2. The number of nitrogens with zero attached hydrogens (tertiary/aromatic N) is 2. The lowest BCUT2D eigenvalue weighted by Crippen LogP contribution is -2.34. The molecule has 1 fully saturated rings. The Kier molecular flexibility index (Phi) is 6.45. The molecule has 0 amide bonds. The van der Waals surface area contributed by atoms with Crippen molar-refractivity contribution in [3.8, 4) is 5.75 Å². The highest BCUT2D eigenvalue weighted by atomic mass is 35.5. The third-order valence-electron chi connectivity index (χ3n) is 6.27. The second-order valence-corrected chi connectivity index (χ2v) is 8.55. The number of hydrogen-bond acceptors (Lipinski definition) is 3. The van der Waals surface area contributed by atoms with Gasteiger partial charge in [0, 0.05) is 23.7 Å². The van der Waals surface area contributed by atoms with E-state index in [1.807, 2.05) is 30.5 Å². The van der Waals surface area contributed by atoms with Gasteiger partial charge in [-0.25, -0.2) is 0 Å². The third-order valence-corrected chi connectivity index (χ3v) is 6.57. The SMILES string of the molecule is COc1ccccc1C1CCN(CCCn2cc(C(C)=O)c3cccc(Cl)c32)CC1. The number of likely N-dealkylation sites (tertiary alicyclic amines) is 1. The van der Waals surface area contributed by atoms with Crippen molar-refractivity contribution in [3.63, 3.8) is 0 Å². The summed E-state index contributed by atoms with van der Waals surface area (Å²) in [7, 11) is 1.75. The van der Waals surface area contributed by atoms with Gasteiger partial charge < -0.3 is 14.2 Å². The summed E-state index contributed by atoms with van der Waals surface area (Å²) in [6, 6.07) is 14.2. The minimum absolute atomic E-state index is 0.0828. The Morgan fingerprint density at radius 1 is 1.10 bits per heavy atom. The molecule has 5 heteroatoms. The van der Waals surface area contributed by atoms with Crippen molar-refractivity contribution in [2.24, 2.45) is 0 Å². The number of carbonyl (C=O) groups excluding carboxylic acids is 1. The molecule has 0 atom stereocenters. The summed E-state index contributed by atoms with van der Waals surface area (Å²) in [4.78, 5) is 14.6. The van der Waals surface area contributed by atoms with Crippen molar-refractivity contribution >= 4 is 28.3 Å². The predicted octanol–water partition coefficient (Wildman–Crippen LogP) is 5.78. The summed E-state index contributed by atoms with van der Waals surface area (Å²) in [6.07, 6.45) is 5.32. The molecule has 0 unspecified atom stereocenters. The molecule has 1 aliphatic heterocycles. The van der Waals surface area contributed by atoms with Crippen LogP contribution in [0.5, 0.6) is 5.75 Å². The Morgan fingerprint density at radius 2 is 1.87 bits per heavy atom. The maximum Gasteiger partial charge on any atom is 0.161 e. The van der Waals surface area contributed by atoms with Crippen LogP contribution in [0.15, 0.2) is 48.7 Å². The number of methoxy groups -OCH3 is 1. The Hall–Kier alpha value is -2.30. The highest BCUT2D eigenvalue weighted by Crippen LogP contribution is 2.34. The fourth-order valence-corrected chi connectivity index (χ4v) is 4.99. The number of aromatic nitrogens is 1. The first-order valence-corrected chi connectivity index (χ1v) is 11.1. The maximum atomic E-state index is 12.0. The van der Waals surface area contributed by atoms with Crippen LogP contribution in [0.1, 0.15) is 48.0 Å². The van der Waals surface area contributed by atoms with Gasteiger partial charge in [0.2, 0.25) is 0 Å². The molecule has 0 radical (unpaired) electrons. The second-order valence-electron chi connectivity index (χ2n) is 8.14. The van der Waals surface area contributed by atoms with E-state index in [2.05, 4.69) is 27.7 Å². The molecule has 158 valence electrons. The van der Waals surface area contributed by atoms with Gasteiger partial charge in [-0.2, -0.15) is 0 Å². The van der Waals surface area contributed by atoms with Crippen molar-refractivity contribution < 1.29 is 9.53 Å². The lowest BCUT2D eigenvalue weighted by Gasteiger charge is -2.32. The van der Waals surface area contributed by atoms with Crippen molar-refractivity contribution in [1.29, 1.82) is 0 Å². The van der Waals surface area contributed by atoms with Crippen molar-refractivity contribution in [1.82, 2.24) is 9.47 Å². The van der Waals surface area contributed by atoms with Crippen LogP contribution in [0.25, 0.3) is 10.9 Å². The molecule has 3 aromatic rings. The lowest BCUT2D eigenvalue weighted by molar-refractivity contribution is 0.101. The number of halogens is 1. The number of aryl methyl sites for hydroxylation is 1. The topological polar surface area (TPSA) is 34.5 Å². The van der Waals surface area contributed by atoms with Crippen LogP contribution in [-0.2, 0) is 6.54 Å². The predicted molar refractivity (Wildman–Crippen MR) is 123 cm³/mol. The van der Waals surface area contributed by atoms with E-state index in [4.69, 9.17) is 16.3 Å². The van der Waals surface area contributed by atoms with E-state index in [0.717, 1.165) is 67.7 Å². The zero-order valence-corrected chi connectivity index (χ0v) is 18.5. The number of ketones is 1. The molecule has 2 heterocycles. The molecule has 0 bridgehead atoms. The first-order valence-electron chi connectivity index (χ1n) is 10.7. The number of Topliss-reactive ketones (excluding diaryl/α,β-unsaturated/α-hetero) is 1. The van der Waals surface area contributed by atoms with Crippen LogP contribution in [-0.4, -0.2) is 42.0 Å². The highest BCUT2D eigenvalue weighted by molar-refractivity contribution is 6.35. The summed E-state index contributed by atoms with van der Waals surface area (Å²) >= 11 is 6.45. The summed E-state index contributed by atoms with van der Waals surface area (Å²) in [6.45, 7) is 5.74. The molecule has 0 spiro atoms. The fourth-order valence-electron chi connectivity index (χ4n) is 4.71. The second kappa shape index (κ2) is 9.23. The minimum Gasteiger partial charge on any atom is -0.496 e. The first kappa shape index (κ1) is 21.0. The molecule has 30 heavy (non-hydrogen) atoms. The van der Waals surface area contributed by atoms with Gasteiger partial charge in [-0.3, -0.25) is 4.79 Å². The Labute approximate surface area is 183 Å². The lowest BCUT2D eigenvalue weighted by atomic mass is 9.89. The molecule has 1 saturated heterocycles. The first-order chi connectivity index (χ1) is 14.6. The normalized spacial score (nSPS) is 15.6. The fraction of sp³-hybridized carbons (Fsp3) is 0.400. The van der Waals surface area contributed by atoms with Gasteiger partial charge in [0.25, 0.3) is 0 Å². The number of piperidine rings is 1. The number of carbonyl (C=O) groups is 1. The smallest absolute Gasteiger partial charge is 0.161 e. The van der Waals surface area contributed by atoms with Gasteiger partial charge in [-0.05, 0) is 69.4 Å². The van der Waals surface area contributed by atoms with Crippen LogP contribution < -0.4 is 4.74 Å². The van der Waals surface area contributed by atoms with Crippen LogP contribution >= 0.6 is 11.6 Å². The molecule has 4 rings (SSSR count). The summed E-state index contributed by atoms with van der Waals surface area (Å²) in [5, 5.41) is 1.66. The van der Waals surface area contributed by atoms with Crippen molar-refractivity contribution in [2.45, 2.75) is 38.6 Å². The summed E-state index contributed by atoms with van der Waals surface area (Å²) in [5.41, 5.74) is 3.06. The Bertz CT molecular complexity index is 1030. The maximum absolute atomic E-state index is 12.0. The molecule has 1 aromatic heterocycles. The molecular formula is C25H29ClN2O2. The standard InChI is InChI=1S/C25H29ClN2O2/c1-18(29)22-17-28(25-21(22)8-5-9-23(25)26)14-6-13-27-15-11-19(12-16-27)20-7-3-4-10-24(20)30-2/h3-5,7-10,17,19H,6,11-16H2,1-2H3. The van der Waals surface area contributed by atoms with Gasteiger partial charge >= 0.3 is 0 Å². The number of fused-ring (bicyclic) bond motifs is 1. The van der Waals surface area contributed by atoms with Crippen LogP contribution in [0, 0.1) is 0 Å². The van der Waals surface area contributed by atoms with Gasteiger partial charge in [0.05, 0.1) is 17.6 Å². The number of para-hydroxylation sites is 2. The quantitative estimate of drug-likeness (QED) is 0.451. The third kappa shape index (κ3) is 4.26. The van der Waals surface area contributed by atoms with Crippen molar-refractivity contribution in [2.75, 3.05) is 26.7 Å². The number of ether oxygens (including phenoxy) is 1. The molecular weight excluding hydrogens is 396 g/mol. The van der Waals surface area contributed by atoms with E-state index < -0.39 is 0 Å².